The van der Waals surface area contributed by atoms with Gasteiger partial charge < -0.3 is 0 Å². The van der Waals surface area contributed by atoms with Gasteiger partial charge in [0.05, 0.1) is 27.8 Å². The molecule has 3 aromatic carbocycles. The molecule has 4 heteroatoms. The number of pyridine rings is 1. The molecule has 2 heterocycles. The van der Waals surface area contributed by atoms with Gasteiger partial charge in [0, 0.05) is 10.9 Å². The van der Waals surface area contributed by atoms with Crippen LogP contribution in [0.25, 0.3) is 33.2 Å². The van der Waals surface area contributed by atoms with Crippen molar-refractivity contribution in [2.24, 2.45) is 0 Å². The Labute approximate surface area is 162 Å². The summed E-state index contributed by atoms with van der Waals surface area (Å²) >= 11 is 0. The van der Waals surface area contributed by atoms with Crippen molar-refractivity contribution in [3.63, 3.8) is 0 Å². The Hall–Kier alpha value is -3.79. The Balaban J connectivity index is 1.78. The van der Waals surface area contributed by atoms with Gasteiger partial charge in [0.15, 0.2) is 0 Å². The smallest absolute Gasteiger partial charge is 0.264 e. The highest BCUT2D eigenvalue weighted by atomic mass is 16.2. The van der Waals surface area contributed by atoms with Gasteiger partial charge in [0.2, 0.25) is 0 Å². The molecule has 0 unspecified atom stereocenters. The third-order valence-corrected chi connectivity index (χ3v) is 4.95. The number of carbonyl (C=O) groups is 1. The average Bonchev–Trinajstić information content (AvgIpc) is 3.08. The molecular formula is C24H17N3O. The second kappa shape index (κ2) is 6.43. The maximum absolute atomic E-state index is 13.6. The van der Waals surface area contributed by atoms with Crippen LogP contribution in [0.3, 0.4) is 0 Å². The van der Waals surface area contributed by atoms with Crippen LogP contribution >= 0.6 is 0 Å². The summed E-state index contributed by atoms with van der Waals surface area (Å²) < 4.78 is 1.69. The molecule has 0 bridgehead atoms. The molecule has 0 N–H and O–H groups in total. The summed E-state index contributed by atoms with van der Waals surface area (Å²) in [5.41, 5.74) is 4.81. The van der Waals surface area contributed by atoms with Gasteiger partial charge >= 0.3 is 0 Å². The van der Waals surface area contributed by atoms with Gasteiger partial charge in [-0.05, 0) is 31.2 Å². The van der Waals surface area contributed by atoms with Gasteiger partial charge in [-0.1, -0.05) is 60.7 Å². The van der Waals surface area contributed by atoms with Crippen LogP contribution in [0.2, 0.25) is 0 Å². The zero-order valence-electron chi connectivity index (χ0n) is 15.3. The van der Waals surface area contributed by atoms with Crippen molar-refractivity contribution in [3.05, 3.63) is 96.3 Å². The van der Waals surface area contributed by atoms with Gasteiger partial charge in [-0.3, -0.25) is 9.36 Å². The molecule has 134 valence electrons. The molecule has 2 aromatic heterocycles. The van der Waals surface area contributed by atoms with E-state index in [1.165, 1.54) is 0 Å². The number of para-hydroxylation sites is 3. The van der Waals surface area contributed by atoms with Crippen LogP contribution in [0.5, 0.6) is 0 Å². The number of fused-ring (bicyclic) bond motifs is 2. The molecule has 0 amide bonds. The van der Waals surface area contributed by atoms with E-state index < -0.39 is 0 Å². The highest BCUT2D eigenvalue weighted by molar-refractivity contribution is 6.10. The second-order valence-corrected chi connectivity index (χ2v) is 6.73. The molecule has 0 aliphatic rings. The van der Waals surface area contributed by atoms with Gasteiger partial charge in [-0.25, -0.2) is 9.97 Å². The standard InChI is InChI=1S/C24H17N3O/c1-16-25-21-13-7-8-14-23(21)27(16)24(28)19-15-22(17-9-3-2-4-10-17)26-20-12-6-5-11-18(19)20/h2-15H,1H3. The number of hydrogen-bond donors (Lipinski definition) is 0. The zero-order valence-corrected chi connectivity index (χ0v) is 15.3. The van der Waals surface area contributed by atoms with Crippen LogP contribution in [0.1, 0.15) is 16.2 Å². The van der Waals surface area contributed by atoms with E-state index in [-0.39, 0.29) is 5.91 Å². The first kappa shape index (κ1) is 16.4. The van der Waals surface area contributed by atoms with E-state index >= 15 is 0 Å². The maximum Gasteiger partial charge on any atom is 0.264 e. The fraction of sp³-hybridized carbons (Fsp3) is 0.0417. The van der Waals surface area contributed by atoms with Crippen molar-refractivity contribution in [2.45, 2.75) is 6.92 Å². The molecule has 5 aromatic rings. The molecule has 0 saturated heterocycles. The molecule has 0 saturated carbocycles. The first-order valence-electron chi connectivity index (χ1n) is 9.16. The topological polar surface area (TPSA) is 47.8 Å². The van der Waals surface area contributed by atoms with E-state index in [0.717, 1.165) is 33.2 Å². The second-order valence-electron chi connectivity index (χ2n) is 6.73. The summed E-state index contributed by atoms with van der Waals surface area (Å²) in [5, 5.41) is 0.837. The van der Waals surface area contributed by atoms with Crippen LogP contribution in [0.4, 0.5) is 0 Å². The Kier molecular flexibility index (Phi) is 3.76. The highest BCUT2D eigenvalue weighted by Crippen LogP contribution is 2.27. The van der Waals surface area contributed by atoms with E-state index in [1.54, 1.807) is 4.57 Å². The molecular weight excluding hydrogens is 346 g/mol. The van der Waals surface area contributed by atoms with Crippen LogP contribution in [-0.2, 0) is 0 Å². The van der Waals surface area contributed by atoms with Crippen LogP contribution in [0, 0.1) is 6.92 Å². The molecule has 0 aliphatic heterocycles. The van der Waals surface area contributed by atoms with Crippen molar-refractivity contribution in [1.82, 2.24) is 14.5 Å². The van der Waals surface area contributed by atoms with E-state index in [2.05, 4.69) is 4.98 Å². The third-order valence-electron chi connectivity index (χ3n) is 4.95. The first-order valence-corrected chi connectivity index (χ1v) is 9.16. The third kappa shape index (κ3) is 2.58. The minimum absolute atomic E-state index is 0.0954. The molecule has 0 spiro atoms. The van der Waals surface area contributed by atoms with Crippen molar-refractivity contribution in [3.8, 4) is 11.3 Å². The van der Waals surface area contributed by atoms with Crippen molar-refractivity contribution in [2.75, 3.05) is 0 Å². The number of aryl methyl sites for hydroxylation is 1. The SMILES string of the molecule is Cc1nc2ccccc2n1C(=O)c1cc(-c2ccccc2)nc2ccccc12. The minimum Gasteiger partial charge on any atom is -0.268 e. The summed E-state index contributed by atoms with van der Waals surface area (Å²) in [5.74, 6) is 0.579. The number of aromatic nitrogens is 3. The Bertz CT molecular complexity index is 1340. The highest BCUT2D eigenvalue weighted by Gasteiger charge is 2.19. The fourth-order valence-electron chi connectivity index (χ4n) is 3.63. The summed E-state index contributed by atoms with van der Waals surface area (Å²) in [6.45, 7) is 1.86. The molecule has 0 atom stereocenters. The predicted octanol–water partition coefficient (Wildman–Crippen LogP) is 5.25. The summed E-state index contributed by atoms with van der Waals surface area (Å²) in [4.78, 5) is 23.0. The van der Waals surface area contributed by atoms with Crippen LogP contribution in [0.15, 0.2) is 84.9 Å². The number of hydrogen-bond acceptors (Lipinski definition) is 3. The van der Waals surface area contributed by atoms with Crippen molar-refractivity contribution < 1.29 is 4.79 Å². The van der Waals surface area contributed by atoms with E-state index in [1.807, 2.05) is 91.9 Å². The molecule has 0 radical (unpaired) electrons. The maximum atomic E-state index is 13.6. The quantitative estimate of drug-likeness (QED) is 0.430. The average molecular weight is 363 g/mol. The Morgan fingerprint density at radius 3 is 2.29 bits per heavy atom. The van der Waals surface area contributed by atoms with E-state index in [0.29, 0.717) is 11.4 Å². The lowest BCUT2D eigenvalue weighted by Gasteiger charge is -2.11. The molecule has 0 fully saturated rings. The van der Waals surface area contributed by atoms with Crippen molar-refractivity contribution in [1.29, 1.82) is 0 Å². The largest absolute Gasteiger partial charge is 0.268 e. The van der Waals surface area contributed by atoms with Gasteiger partial charge in [-0.15, -0.1) is 0 Å². The number of rotatable bonds is 2. The number of carbonyl (C=O) groups excluding carboxylic acids is 1. The monoisotopic (exact) mass is 363 g/mol. The van der Waals surface area contributed by atoms with Gasteiger partial charge in [0.25, 0.3) is 5.91 Å². The lowest BCUT2D eigenvalue weighted by atomic mass is 10.0. The lowest BCUT2D eigenvalue weighted by molar-refractivity contribution is 0.0964. The van der Waals surface area contributed by atoms with Crippen LogP contribution in [-0.4, -0.2) is 20.4 Å². The van der Waals surface area contributed by atoms with Crippen LogP contribution < -0.4 is 0 Å². The van der Waals surface area contributed by atoms with Crippen molar-refractivity contribution >= 4 is 27.8 Å². The number of nitrogens with zero attached hydrogens (tertiary/aromatic N) is 3. The molecule has 0 aliphatic carbocycles. The zero-order chi connectivity index (χ0) is 19.1. The predicted molar refractivity (Wildman–Crippen MR) is 111 cm³/mol. The lowest BCUT2D eigenvalue weighted by Crippen LogP contribution is -2.14. The normalized spacial score (nSPS) is 11.2. The number of benzene rings is 3. The summed E-state index contributed by atoms with van der Waals surface area (Å²) in [7, 11) is 0. The molecule has 28 heavy (non-hydrogen) atoms. The van der Waals surface area contributed by atoms with Gasteiger partial charge in [-0.2, -0.15) is 0 Å². The van der Waals surface area contributed by atoms with E-state index in [9.17, 15) is 4.79 Å². The van der Waals surface area contributed by atoms with E-state index in [4.69, 9.17) is 4.98 Å². The first-order chi connectivity index (χ1) is 13.7. The summed E-state index contributed by atoms with van der Waals surface area (Å²) in [6.07, 6.45) is 0. The number of imidazole rings is 1. The van der Waals surface area contributed by atoms with Gasteiger partial charge in [0.1, 0.15) is 5.82 Å². The Morgan fingerprint density at radius 2 is 1.46 bits per heavy atom. The Morgan fingerprint density at radius 1 is 0.786 bits per heavy atom. The molecule has 5 rings (SSSR count). The summed E-state index contributed by atoms with van der Waals surface area (Å²) in [6, 6.07) is 27.3. The molecule has 4 nitrogen and oxygen atoms in total. The fourth-order valence-corrected chi connectivity index (χ4v) is 3.63. The minimum atomic E-state index is -0.0954.